The second kappa shape index (κ2) is 5.01. The maximum atomic E-state index is 11.5. The number of carboxylic acid groups (broad SMARTS) is 1. The van der Waals surface area contributed by atoms with Gasteiger partial charge in [0, 0.05) is 0 Å². The van der Waals surface area contributed by atoms with Gasteiger partial charge in [0.1, 0.15) is 0 Å². The topological polar surface area (TPSA) is 63.3 Å². The number of halogens is 1. The van der Waals surface area contributed by atoms with Gasteiger partial charge in [0.15, 0.2) is 0 Å². The molecule has 2 fully saturated rings. The Morgan fingerprint density at radius 2 is 2.06 bits per heavy atom. The standard InChI is InChI=1S/C14H25NO2.ClH/c1-13(2)9-4-6-14(13,3)11(8-9)10(5-7-15)12(16)17;/h9-11H,4-8,15H2,1-3H3,(H,16,17);1H/t9-,10+,11?,14-;/m1./s1. The summed E-state index contributed by atoms with van der Waals surface area (Å²) in [5.74, 6) is 0.133. The highest BCUT2D eigenvalue weighted by atomic mass is 35.5. The molecule has 0 aromatic heterocycles. The fourth-order valence-electron chi connectivity index (χ4n) is 4.55. The summed E-state index contributed by atoms with van der Waals surface area (Å²) in [6.07, 6.45) is 4.16. The van der Waals surface area contributed by atoms with Crippen molar-refractivity contribution in [3.63, 3.8) is 0 Å². The Bertz CT molecular complexity index is 332. The van der Waals surface area contributed by atoms with E-state index in [2.05, 4.69) is 20.8 Å². The highest BCUT2D eigenvalue weighted by molar-refractivity contribution is 5.85. The van der Waals surface area contributed by atoms with Crippen molar-refractivity contribution < 1.29 is 9.90 Å². The lowest BCUT2D eigenvalue weighted by Gasteiger charge is -2.41. The van der Waals surface area contributed by atoms with Gasteiger partial charge in [0.2, 0.25) is 0 Å². The first-order valence-corrected chi connectivity index (χ1v) is 6.77. The summed E-state index contributed by atoms with van der Waals surface area (Å²) in [5.41, 5.74) is 6.06. The van der Waals surface area contributed by atoms with Gasteiger partial charge in [-0.3, -0.25) is 4.79 Å². The molecule has 0 spiro atoms. The molecule has 3 N–H and O–H groups in total. The van der Waals surface area contributed by atoms with Crippen LogP contribution in [-0.2, 0) is 4.79 Å². The molecule has 2 aliphatic rings. The molecule has 4 heteroatoms. The van der Waals surface area contributed by atoms with Crippen molar-refractivity contribution in [2.45, 2.75) is 46.5 Å². The molecular formula is C14H26ClNO2. The lowest BCUT2D eigenvalue weighted by molar-refractivity contribution is -0.146. The fraction of sp³-hybridized carbons (Fsp3) is 0.929. The van der Waals surface area contributed by atoms with Crippen molar-refractivity contribution in [3.05, 3.63) is 0 Å². The lowest BCUT2D eigenvalue weighted by atomic mass is 9.63. The monoisotopic (exact) mass is 275 g/mol. The van der Waals surface area contributed by atoms with E-state index < -0.39 is 5.97 Å². The highest BCUT2D eigenvalue weighted by Gasteiger charge is 2.63. The van der Waals surface area contributed by atoms with Gasteiger partial charge in [-0.05, 0) is 54.9 Å². The summed E-state index contributed by atoms with van der Waals surface area (Å²) in [6.45, 7) is 7.43. The summed E-state index contributed by atoms with van der Waals surface area (Å²) >= 11 is 0. The molecule has 2 aliphatic carbocycles. The van der Waals surface area contributed by atoms with Crippen molar-refractivity contribution in [2.75, 3.05) is 6.54 Å². The van der Waals surface area contributed by atoms with Crippen LogP contribution >= 0.6 is 12.4 Å². The summed E-state index contributed by atoms with van der Waals surface area (Å²) in [4.78, 5) is 11.5. The summed E-state index contributed by atoms with van der Waals surface area (Å²) < 4.78 is 0. The smallest absolute Gasteiger partial charge is 0.306 e. The number of carbonyl (C=O) groups is 1. The van der Waals surface area contributed by atoms with E-state index in [1.807, 2.05) is 0 Å². The third kappa shape index (κ3) is 1.96. The van der Waals surface area contributed by atoms with E-state index in [0.717, 1.165) is 6.42 Å². The van der Waals surface area contributed by atoms with Crippen molar-refractivity contribution in [3.8, 4) is 0 Å². The molecule has 0 aromatic carbocycles. The van der Waals surface area contributed by atoms with E-state index in [-0.39, 0.29) is 23.7 Å². The SMILES string of the molecule is CC1(C)[C@@H]2CC[C@]1(C)C([C@H](CCN)C(=O)O)C2.Cl. The maximum Gasteiger partial charge on any atom is 0.306 e. The Hall–Kier alpha value is -0.280. The van der Waals surface area contributed by atoms with E-state index >= 15 is 0 Å². The number of carboxylic acids is 1. The molecule has 1 unspecified atom stereocenters. The van der Waals surface area contributed by atoms with Crippen LogP contribution in [-0.4, -0.2) is 17.6 Å². The molecule has 2 bridgehead atoms. The summed E-state index contributed by atoms with van der Waals surface area (Å²) in [6, 6.07) is 0. The van der Waals surface area contributed by atoms with Gasteiger partial charge >= 0.3 is 5.97 Å². The molecule has 18 heavy (non-hydrogen) atoms. The van der Waals surface area contributed by atoms with Gasteiger partial charge in [-0.15, -0.1) is 12.4 Å². The number of rotatable bonds is 4. The van der Waals surface area contributed by atoms with Gasteiger partial charge < -0.3 is 10.8 Å². The molecule has 0 aliphatic heterocycles. The third-order valence-corrected chi connectivity index (χ3v) is 6.14. The lowest BCUT2D eigenvalue weighted by Crippen LogP contribution is -2.39. The zero-order chi connectivity index (χ0) is 12.8. The maximum absolute atomic E-state index is 11.5. The minimum atomic E-state index is -0.648. The van der Waals surface area contributed by atoms with Crippen molar-refractivity contribution in [2.24, 2.45) is 34.3 Å². The Morgan fingerprint density at radius 1 is 1.44 bits per heavy atom. The van der Waals surface area contributed by atoms with Crippen LogP contribution in [0.5, 0.6) is 0 Å². The van der Waals surface area contributed by atoms with Gasteiger partial charge in [-0.1, -0.05) is 20.8 Å². The van der Waals surface area contributed by atoms with Crippen LogP contribution in [0.25, 0.3) is 0 Å². The number of fused-ring (bicyclic) bond motifs is 2. The molecule has 4 atom stereocenters. The normalized spacial score (nSPS) is 38.2. The molecular weight excluding hydrogens is 250 g/mol. The van der Waals surface area contributed by atoms with E-state index in [9.17, 15) is 9.90 Å². The average Bonchev–Trinajstić information content (AvgIpc) is 2.57. The van der Waals surface area contributed by atoms with Crippen LogP contribution in [0.15, 0.2) is 0 Å². The Labute approximate surface area is 116 Å². The number of hydrogen-bond acceptors (Lipinski definition) is 2. The van der Waals surface area contributed by atoms with E-state index in [1.54, 1.807) is 0 Å². The fourth-order valence-corrected chi connectivity index (χ4v) is 4.55. The van der Waals surface area contributed by atoms with Crippen LogP contribution in [0.4, 0.5) is 0 Å². The molecule has 2 rings (SSSR count). The Kier molecular flexibility index (Phi) is 4.39. The summed E-state index contributed by atoms with van der Waals surface area (Å²) in [5, 5.41) is 9.42. The molecule has 0 amide bonds. The number of aliphatic carboxylic acids is 1. The van der Waals surface area contributed by atoms with Gasteiger partial charge in [0.25, 0.3) is 0 Å². The molecule has 0 aromatic rings. The summed E-state index contributed by atoms with van der Waals surface area (Å²) in [7, 11) is 0. The number of hydrogen-bond donors (Lipinski definition) is 2. The van der Waals surface area contributed by atoms with Gasteiger partial charge in [-0.25, -0.2) is 0 Å². The van der Waals surface area contributed by atoms with Crippen molar-refractivity contribution in [1.29, 1.82) is 0 Å². The third-order valence-electron chi connectivity index (χ3n) is 6.14. The molecule has 0 radical (unpaired) electrons. The predicted molar refractivity (Wildman–Crippen MR) is 74.8 cm³/mol. The first-order chi connectivity index (χ1) is 7.84. The van der Waals surface area contributed by atoms with Crippen LogP contribution in [0.1, 0.15) is 46.5 Å². The molecule has 2 saturated carbocycles. The first kappa shape index (κ1) is 15.8. The first-order valence-electron chi connectivity index (χ1n) is 6.77. The van der Waals surface area contributed by atoms with Crippen LogP contribution in [0.2, 0.25) is 0 Å². The zero-order valence-electron chi connectivity index (χ0n) is 11.6. The van der Waals surface area contributed by atoms with Gasteiger partial charge in [-0.2, -0.15) is 0 Å². The van der Waals surface area contributed by atoms with E-state index in [1.165, 1.54) is 12.8 Å². The second-order valence-electron chi connectivity index (χ2n) is 6.74. The Morgan fingerprint density at radius 3 is 2.39 bits per heavy atom. The van der Waals surface area contributed by atoms with Crippen molar-refractivity contribution >= 4 is 18.4 Å². The molecule has 0 heterocycles. The van der Waals surface area contributed by atoms with Crippen LogP contribution in [0.3, 0.4) is 0 Å². The van der Waals surface area contributed by atoms with Gasteiger partial charge in [0.05, 0.1) is 5.92 Å². The highest BCUT2D eigenvalue weighted by Crippen LogP contribution is 2.69. The molecule has 3 nitrogen and oxygen atoms in total. The predicted octanol–water partition coefficient (Wildman–Crippen LogP) is 2.92. The molecule has 106 valence electrons. The van der Waals surface area contributed by atoms with E-state index in [4.69, 9.17) is 5.73 Å². The van der Waals surface area contributed by atoms with Crippen molar-refractivity contribution in [1.82, 2.24) is 0 Å². The Balaban J connectivity index is 0.00000162. The number of nitrogens with two attached hydrogens (primary N) is 1. The zero-order valence-corrected chi connectivity index (χ0v) is 12.4. The van der Waals surface area contributed by atoms with E-state index in [0.29, 0.717) is 30.2 Å². The minimum absolute atomic E-state index is 0. The average molecular weight is 276 g/mol. The van der Waals surface area contributed by atoms with Crippen LogP contribution < -0.4 is 5.73 Å². The molecule has 0 saturated heterocycles. The minimum Gasteiger partial charge on any atom is -0.481 e. The second-order valence-corrected chi connectivity index (χ2v) is 6.74. The largest absolute Gasteiger partial charge is 0.481 e. The van der Waals surface area contributed by atoms with Crippen LogP contribution in [0, 0.1) is 28.6 Å². The quantitative estimate of drug-likeness (QED) is 0.829.